The third kappa shape index (κ3) is 6.26. The van der Waals surface area contributed by atoms with E-state index in [9.17, 15) is 4.79 Å². The van der Waals surface area contributed by atoms with E-state index in [-0.39, 0.29) is 16.4 Å². The Balaban J connectivity index is 1.22. The minimum atomic E-state index is -0.930. The molecule has 5 heteroatoms. The molecule has 2 aromatic rings. The molecule has 1 amide bonds. The molecule has 0 unspecified atom stereocenters. The molecule has 243 valence electrons. The maximum Gasteiger partial charge on any atom is 0.224 e. The molecular weight excluding hydrogens is 557 g/mol. The number of fused-ring (bicyclic) bond motifs is 4. The van der Waals surface area contributed by atoms with Crippen molar-refractivity contribution in [2.75, 3.05) is 5.32 Å². The zero-order valence-electron chi connectivity index (χ0n) is 29.8. The number of benzene rings is 1. The minimum absolute atomic E-state index is 0.135. The van der Waals surface area contributed by atoms with E-state index < -0.39 is 9.04 Å². The van der Waals surface area contributed by atoms with Gasteiger partial charge in [-0.1, -0.05) is 66.5 Å². The lowest BCUT2D eigenvalue weighted by Crippen LogP contribution is -2.58. The van der Waals surface area contributed by atoms with Crippen molar-refractivity contribution < 1.29 is 9.22 Å². The number of rotatable bonds is 8. The van der Waals surface area contributed by atoms with Gasteiger partial charge in [-0.3, -0.25) is 4.79 Å². The summed E-state index contributed by atoms with van der Waals surface area (Å²) in [6.45, 7) is 24.2. The van der Waals surface area contributed by atoms with Crippen LogP contribution < -0.4 is 5.32 Å². The van der Waals surface area contributed by atoms with Gasteiger partial charge < -0.3 is 14.3 Å². The number of carbonyl (C=O) groups is 1. The second kappa shape index (κ2) is 12.4. The largest absolute Gasteiger partial charge is 0.412 e. The first-order valence-electron chi connectivity index (χ1n) is 17.6. The van der Waals surface area contributed by atoms with E-state index in [4.69, 9.17) is 4.43 Å². The Labute approximate surface area is 270 Å². The Morgan fingerprint density at radius 2 is 1.82 bits per heavy atom. The molecule has 0 saturated heterocycles. The first kappa shape index (κ1) is 33.5. The van der Waals surface area contributed by atoms with E-state index in [1.54, 1.807) is 11.1 Å². The van der Waals surface area contributed by atoms with Gasteiger partial charge >= 0.3 is 0 Å². The van der Waals surface area contributed by atoms with Gasteiger partial charge in [0.25, 0.3) is 0 Å². The van der Waals surface area contributed by atoms with E-state index in [0.717, 1.165) is 24.4 Å². The summed E-state index contributed by atoms with van der Waals surface area (Å²) in [5, 5.41) is 4.61. The van der Waals surface area contributed by atoms with E-state index >= 15 is 0 Å². The summed E-state index contributed by atoms with van der Waals surface area (Å²) in [6, 6.07) is 8.44. The summed E-state index contributed by atoms with van der Waals surface area (Å²) in [5.74, 6) is 2.29. The van der Waals surface area contributed by atoms with Crippen molar-refractivity contribution in [3.63, 3.8) is 0 Å². The topological polar surface area (TPSA) is 43.3 Å². The smallest absolute Gasteiger partial charge is 0.224 e. The molecule has 0 aliphatic heterocycles. The van der Waals surface area contributed by atoms with Gasteiger partial charge in [-0.05, 0) is 129 Å². The molecule has 2 saturated carbocycles. The molecule has 0 bridgehead atoms. The van der Waals surface area contributed by atoms with Gasteiger partial charge in [-0.15, -0.1) is 0 Å². The third-order valence-corrected chi connectivity index (χ3v) is 15.4. The first-order valence-corrected chi connectivity index (χ1v) is 19.1. The standard InChI is InChI=1S/C39H61N2O2Si/c1-25(2)44(37(5,6)7)43-35-21-22-39(10)32-18-15-26(3)30(31(32)17-20-34(39)38(35,8)9)13-12-14-36(42)40-29-16-19-33-28(24-29)23-27(4)41(33)11/h16,19,23-25,31-32,34-35H,12-15,17-18,20-22H2,1-11H3,(H,40,42)/t31-,32-,34-,35-,39+/m0/s1. The second-order valence-electron chi connectivity index (χ2n) is 16.9. The normalized spacial score (nSPS) is 28.8. The van der Waals surface area contributed by atoms with Crippen LogP contribution in [0, 0.1) is 35.5 Å². The molecule has 1 heterocycles. The number of allylic oxidation sites excluding steroid dienone is 2. The highest BCUT2D eigenvalue weighted by Crippen LogP contribution is 2.65. The fraction of sp³-hybridized carbons (Fsp3) is 0.718. The minimum Gasteiger partial charge on any atom is -0.412 e. The molecule has 1 aromatic heterocycles. The predicted molar refractivity (Wildman–Crippen MR) is 188 cm³/mol. The van der Waals surface area contributed by atoms with Crippen molar-refractivity contribution in [3.8, 4) is 0 Å². The highest BCUT2D eigenvalue weighted by atomic mass is 28.3. The maximum absolute atomic E-state index is 13.0. The van der Waals surface area contributed by atoms with E-state index in [1.807, 2.05) is 6.07 Å². The number of anilines is 1. The lowest BCUT2D eigenvalue weighted by Gasteiger charge is -2.63. The van der Waals surface area contributed by atoms with Crippen LogP contribution in [0.4, 0.5) is 5.69 Å². The van der Waals surface area contributed by atoms with Crippen LogP contribution >= 0.6 is 0 Å². The summed E-state index contributed by atoms with van der Waals surface area (Å²) >= 11 is 0. The van der Waals surface area contributed by atoms with E-state index in [1.165, 1.54) is 55.1 Å². The fourth-order valence-corrected chi connectivity index (χ4v) is 13.3. The van der Waals surface area contributed by atoms with Gasteiger partial charge in [0, 0.05) is 35.8 Å². The van der Waals surface area contributed by atoms with Crippen molar-refractivity contribution in [2.45, 2.75) is 144 Å². The molecule has 44 heavy (non-hydrogen) atoms. The van der Waals surface area contributed by atoms with Gasteiger partial charge in [0.2, 0.25) is 14.9 Å². The summed E-state index contributed by atoms with van der Waals surface area (Å²) < 4.78 is 9.39. The van der Waals surface area contributed by atoms with E-state index in [2.05, 4.69) is 104 Å². The van der Waals surface area contributed by atoms with E-state index in [0.29, 0.717) is 35.3 Å². The highest BCUT2D eigenvalue weighted by Gasteiger charge is 2.59. The Hall–Kier alpha value is -1.85. The number of carbonyl (C=O) groups excluding carboxylic acids is 1. The second-order valence-corrected chi connectivity index (χ2v) is 20.6. The molecule has 3 aliphatic rings. The quantitative estimate of drug-likeness (QED) is 0.236. The molecule has 5 rings (SSSR count). The lowest BCUT2D eigenvalue weighted by molar-refractivity contribution is -0.144. The number of nitrogens with zero attached hydrogens (tertiary/aromatic N) is 1. The number of aryl methyl sites for hydroxylation is 2. The Morgan fingerprint density at radius 3 is 2.50 bits per heavy atom. The Morgan fingerprint density at radius 1 is 1.09 bits per heavy atom. The molecule has 0 spiro atoms. The average molecular weight is 618 g/mol. The number of hydrogen-bond donors (Lipinski definition) is 1. The van der Waals surface area contributed by atoms with Crippen molar-refractivity contribution in [1.82, 2.24) is 4.57 Å². The zero-order chi connectivity index (χ0) is 32.2. The number of amides is 1. The van der Waals surface area contributed by atoms with Crippen molar-refractivity contribution in [2.24, 2.45) is 35.6 Å². The van der Waals surface area contributed by atoms with Crippen LogP contribution in [0.1, 0.15) is 126 Å². The maximum atomic E-state index is 13.0. The van der Waals surface area contributed by atoms with Crippen molar-refractivity contribution in [1.29, 1.82) is 0 Å². The molecule has 1 radical (unpaired) electrons. The molecule has 2 fully saturated rings. The summed E-state index contributed by atoms with van der Waals surface area (Å²) in [4.78, 5) is 13.0. The van der Waals surface area contributed by atoms with Gasteiger partial charge in [0.05, 0.1) is 6.10 Å². The first-order chi connectivity index (χ1) is 20.5. The molecule has 1 aromatic carbocycles. The summed E-state index contributed by atoms with van der Waals surface area (Å²) in [5.41, 5.74) is 7.83. The molecule has 5 atom stereocenters. The summed E-state index contributed by atoms with van der Waals surface area (Å²) in [6.07, 6.45) is 10.6. The fourth-order valence-electron chi connectivity index (χ4n) is 10.2. The Bertz CT molecular complexity index is 1390. The zero-order valence-corrected chi connectivity index (χ0v) is 30.8. The van der Waals surface area contributed by atoms with Gasteiger partial charge in [0.1, 0.15) is 0 Å². The van der Waals surface area contributed by atoms with Crippen molar-refractivity contribution >= 4 is 31.5 Å². The SMILES string of the molecule is CC1=C(CCCC(=O)Nc2ccc3c(c2)cc(C)n3C)[C@@H]2CC[C@H]3C(C)(C)[C@@H](O[Si](C(C)C)C(C)(C)C)CC[C@]3(C)[C@H]2CC1. The van der Waals surface area contributed by atoms with Crippen LogP contribution in [0.3, 0.4) is 0 Å². The van der Waals surface area contributed by atoms with Crippen LogP contribution in [0.25, 0.3) is 10.9 Å². The number of aromatic nitrogens is 1. The monoisotopic (exact) mass is 617 g/mol. The molecule has 1 N–H and O–H groups in total. The molecule has 3 aliphatic carbocycles. The van der Waals surface area contributed by atoms with Gasteiger partial charge in [-0.2, -0.15) is 0 Å². The summed E-state index contributed by atoms with van der Waals surface area (Å²) in [7, 11) is 1.16. The highest BCUT2D eigenvalue weighted by molar-refractivity contribution is 6.56. The van der Waals surface area contributed by atoms with Crippen LogP contribution in [0.2, 0.25) is 10.6 Å². The van der Waals surface area contributed by atoms with Gasteiger partial charge in [-0.25, -0.2) is 0 Å². The van der Waals surface area contributed by atoms with Crippen LogP contribution in [0.5, 0.6) is 0 Å². The lowest BCUT2D eigenvalue weighted by atomic mass is 9.43. The van der Waals surface area contributed by atoms with Gasteiger partial charge in [0.15, 0.2) is 0 Å². The third-order valence-electron chi connectivity index (χ3n) is 12.3. The Kier molecular flexibility index (Phi) is 9.44. The molecular formula is C39H61N2O2Si. The predicted octanol–water partition coefficient (Wildman–Crippen LogP) is 10.8. The number of hydrogen-bond acceptors (Lipinski definition) is 2. The van der Waals surface area contributed by atoms with Crippen LogP contribution in [-0.4, -0.2) is 25.6 Å². The van der Waals surface area contributed by atoms with Crippen LogP contribution in [-0.2, 0) is 16.3 Å². The average Bonchev–Trinajstić information content (AvgIpc) is 3.20. The van der Waals surface area contributed by atoms with Crippen molar-refractivity contribution in [3.05, 3.63) is 41.1 Å². The van der Waals surface area contributed by atoms with Crippen LogP contribution in [0.15, 0.2) is 35.4 Å². The molecule has 4 nitrogen and oxygen atoms in total. The number of nitrogens with one attached hydrogen (secondary N) is 1.